The molecule has 2 aromatic carbocycles. The standard InChI is InChI=1S/C26H27BrClN3O4S/c1-14(13-32)31-22(24(34)30-18-10-6-5-9-17(18)28)26-11-16(27)21(36-26)19(20(26)25(31)35)23(33)29-12-15-7-3-2-4-8-15/h2-10,14,16,19-22,32H,11-13H2,1H3,(H,29,33)(H,30,34)/t14-,16?,19+,20+,21+,22?,26?/m1/s1. The first-order chi connectivity index (χ1) is 17.3. The lowest BCUT2D eigenvalue weighted by molar-refractivity contribution is -0.141. The van der Waals surface area contributed by atoms with Crippen LogP contribution in [0.15, 0.2) is 54.6 Å². The number of benzene rings is 2. The normalized spacial score (nSPS) is 31.3. The topological polar surface area (TPSA) is 98.7 Å². The number of carbonyl (C=O) groups is 3. The summed E-state index contributed by atoms with van der Waals surface area (Å²) in [7, 11) is 0. The second kappa shape index (κ2) is 10.0. The van der Waals surface area contributed by atoms with E-state index in [1.165, 1.54) is 4.90 Å². The van der Waals surface area contributed by atoms with Crippen LogP contribution in [0.4, 0.5) is 5.69 Å². The number of amides is 3. The molecule has 3 saturated heterocycles. The molecule has 7 nitrogen and oxygen atoms in total. The van der Waals surface area contributed by atoms with E-state index >= 15 is 0 Å². The number of rotatable bonds is 7. The van der Waals surface area contributed by atoms with Gasteiger partial charge in [0.25, 0.3) is 0 Å². The molecule has 1 spiro atoms. The molecule has 3 aliphatic heterocycles. The number of nitrogens with one attached hydrogen (secondary N) is 2. The van der Waals surface area contributed by atoms with Gasteiger partial charge in [-0.2, -0.15) is 0 Å². The van der Waals surface area contributed by atoms with E-state index in [9.17, 15) is 19.5 Å². The summed E-state index contributed by atoms with van der Waals surface area (Å²) < 4.78 is -0.792. The Morgan fingerprint density at radius 1 is 1.19 bits per heavy atom. The Balaban J connectivity index is 1.47. The predicted octanol–water partition coefficient (Wildman–Crippen LogP) is 3.44. The van der Waals surface area contributed by atoms with E-state index < -0.39 is 28.7 Å². The average molecular weight is 593 g/mol. The third-order valence-corrected chi connectivity index (χ3v) is 11.0. The highest BCUT2D eigenvalue weighted by atomic mass is 79.9. The van der Waals surface area contributed by atoms with Crippen LogP contribution in [-0.4, -0.2) is 61.2 Å². The van der Waals surface area contributed by atoms with E-state index in [0.717, 1.165) is 5.56 Å². The molecule has 7 atom stereocenters. The van der Waals surface area contributed by atoms with Crippen LogP contribution in [0.5, 0.6) is 0 Å². The lowest BCUT2D eigenvalue weighted by atomic mass is 9.70. The largest absolute Gasteiger partial charge is 0.394 e. The molecule has 190 valence electrons. The number of halogens is 2. The molecule has 0 radical (unpaired) electrons. The molecule has 5 rings (SSSR count). The molecular formula is C26H27BrClN3O4S. The molecule has 0 aliphatic carbocycles. The smallest absolute Gasteiger partial charge is 0.248 e. The zero-order chi connectivity index (χ0) is 25.6. The molecular weight excluding hydrogens is 566 g/mol. The minimum absolute atomic E-state index is 0.0287. The van der Waals surface area contributed by atoms with E-state index in [0.29, 0.717) is 23.7 Å². The predicted molar refractivity (Wildman–Crippen MR) is 144 cm³/mol. The van der Waals surface area contributed by atoms with Gasteiger partial charge in [-0.3, -0.25) is 14.4 Å². The highest BCUT2D eigenvalue weighted by molar-refractivity contribution is 9.09. The maximum absolute atomic E-state index is 13.9. The number of thioether (sulfide) groups is 1. The van der Waals surface area contributed by atoms with E-state index in [1.807, 2.05) is 30.3 Å². The first kappa shape index (κ1) is 25.6. The van der Waals surface area contributed by atoms with Gasteiger partial charge in [-0.15, -0.1) is 11.8 Å². The van der Waals surface area contributed by atoms with Gasteiger partial charge in [-0.25, -0.2) is 0 Å². The fourth-order valence-corrected chi connectivity index (χ4v) is 9.68. The van der Waals surface area contributed by atoms with Gasteiger partial charge in [0.05, 0.1) is 39.9 Å². The van der Waals surface area contributed by atoms with Crippen molar-refractivity contribution in [1.82, 2.24) is 10.2 Å². The molecule has 2 aromatic rings. The van der Waals surface area contributed by atoms with Gasteiger partial charge in [0.15, 0.2) is 0 Å². The number of nitrogens with zero attached hydrogens (tertiary/aromatic N) is 1. The molecule has 3 fully saturated rings. The number of hydrogen-bond donors (Lipinski definition) is 3. The lowest BCUT2D eigenvalue weighted by Crippen LogP contribution is -2.55. The Kier molecular flexibility index (Phi) is 7.11. The molecule has 3 N–H and O–H groups in total. The molecule has 3 amide bonds. The van der Waals surface area contributed by atoms with Gasteiger partial charge in [0.1, 0.15) is 6.04 Å². The summed E-state index contributed by atoms with van der Waals surface area (Å²) in [5.41, 5.74) is 1.43. The van der Waals surface area contributed by atoms with E-state index in [4.69, 9.17) is 11.6 Å². The number of aliphatic hydroxyl groups excluding tert-OH is 1. The second-order valence-electron chi connectivity index (χ2n) is 9.61. The third kappa shape index (κ3) is 4.14. The number of alkyl halides is 1. The van der Waals surface area contributed by atoms with Crippen molar-refractivity contribution in [3.05, 3.63) is 65.2 Å². The van der Waals surface area contributed by atoms with Gasteiger partial charge in [-0.1, -0.05) is 70.0 Å². The van der Waals surface area contributed by atoms with Crippen molar-refractivity contribution < 1.29 is 19.5 Å². The van der Waals surface area contributed by atoms with Crippen LogP contribution in [0.3, 0.4) is 0 Å². The Morgan fingerprint density at radius 2 is 1.89 bits per heavy atom. The van der Waals surface area contributed by atoms with Crippen molar-refractivity contribution >= 4 is 62.7 Å². The van der Waals surface area contributed by atoms with Crippen LogP contribution in [0.1, 0.15) is 18.9 Å². The highest BCUT2D eigenvalue weighted by Gasteiger charge is 2.76. The number of anilines is 1. The van der Waals surface area contributed by atoms with Crippen LogP contribution < -0.4 is 10.6 Å². The average Bonchev–Trinajstić information content (AvgIpc) is 3.47. The van der Waals surface area contributed by atoms with Gasteiger partial charge in [-0.05, 0) is 31.0 Å². The van der Waals surface area contributed by atoms with Crippen LogP contribution in [0.2, 0.25) is 5.02 Å². The summed E-state index contributed by atoms with van der Waals surface area (Å²) in [6.45, 7) is 1.79. The van der Waals surface area contributed by atoms with Crippen LogP contribution in [0, 0.1) is 11.8 Å². The summed E-state index contributed by atoms with van der Waals surface area (Å²) in [6.07, 6.45) is 0.566. The minimum atomic E-state index is -0.851. The van der Waals surface area contributed by atoms with Crippen LogP contribution >= 0.6 is 39.3 Å². The number of likely N-dealkylation sites (tertiary alicyclic amines) is 1. The van der Waals surface area contributed by atoms with Gasteiger partial charge < -0.3 is 20.6 Å². The monoisotopic (exact) mass is 591 g/mol. The molecule has 3 heterocycles. The molecule has 0 aromatic heterocycles. The SMILES string of the molecule is C[C@H](CO)N1C(=O)[C@@H]2[C@H](C(=O)NCc3ccccc3)[C@H]3SC2(CC3Br)C1C(=O)Nc1ccccc1Cl. The number of carbonyl (C=O) groups excluding carboxylic acids is 3. The van der Waals surface area contributed by atoms with Crippen molar-refractivity contribution in [3.63, 3.8) is 0 Å². The maximum Gasteiger partial charge on any atom is 0.248 e. The van der Waals surface area contributed by atoms with E-state index in [1.54, 1.807) is 43.0 Å². The summed E-state index contributed by atoms with van der Waals surface area (Å²) >= 11 is 11.6. The summed E-state index contributed by atoms with van der Waals surface area (Å²) in [5.74, 6) is -2.06. The van der Waals surface area contributed by atoms with E-state index in [-0.39, 0.29) is 34.4 Å². The lowest BCUT2D eigenvalue weighted by Gasteiger charge is -2.36. The molecule has 36 heavy (non-hydrogen) atoms. The number of fused-ring (bicyclic) bond motifs is 1. The zero-order valence-corrected chi connectivity index (χ0v) is 22.7. The third-order valence-electron chi connectivity index (χ3n) is 7.46. The Labute approximate surface area is 227 Å². The summed E-state index contributed by atoms with van der Waals surface area (Å²) in [4.78, 5) is 42.7. The van der Waals surface area contributed by atoms with Crippen LogP contribution in [0.25, 0.3) is 0 Å². The fraction of sp³-hybridized carbons (Fsp3) is 0.423. The van der Waals surface area contributed by atoms with Gasteiger partial charge in [0, 0.05) is 16.6 Å². The maximum atomic E-state index is 13.9. The van der Waals surface area contributed by atoms with Crippen molar-refractivity contribution in [2.75, 3.05) is 11.9 Å². The second-order valence-corrected chi connectivity index (χ2v) is 12.7. The minimum Gasteiger partial charge on any atom is -0.394 e. The van der Waals surface area contributed by atoms with Gasteiger partial charge in [0.2, 0.25) is 17.7 Å². The van der Waals surface area contributed by atoms with Crippen molar-refractivity contribution in [2.45, 2.75) is 46.8 Å². The molecule has 0 saturated carbocycles. The summed E-state index contributed by atoms with van der Waals surface area (Å²) in [5, 5.41) is 16.1. The molecule has 2 bridgehead atoms. The molecule has 3 unspecified atom stereocenters. The highest BCUT2D eigenvalue weighted by Crippen LogP contribution is 2.68. The number of para-hydroxylation sites is 1. The Hall–Kier alpha value is -2.07. The Morgan fingerprint density at radius 3 is 2.58 bits per heavy atom. The first-order valence-electron chi connectivity index (χ1n) is 11.9. The Bertz CT molecular complexity index is 1190. The zero-order valence-electron chi connectivity index (χ0n) is 19.6. The fourth-order valence-electron chi connectivity index (χ4n) is 5.90. The number of aliphatic hydroxyl groups is 1. The first-order valence-corrected chi connectivity index (χ1v) is 14.1. The summed E-state index contributed by atoms with van der Waals surface area (Å²) in [6, 6.07) is 15.1. The van der Waals surface area contributed by atoms with Crippen molar-refractivity contribution in [3.8, 4) is 0 Å². The van der Waals surface area contributed by atoms with Gasteiger partial charge >= 0.3 is 0 Å². The van der Waals surface area contributed by atoms with Crippen LogP contribution in [-0.2, 0) is 20.9 Å². The molecule has 10 heteroatoms. The van der Waals surface area contributed by atoms with E-state index in [2.05, 4.69) is 26.6 Å². The quantitative estimate of drug-likeness (QED) is 0.428. The van der Waals surface area contributed by atoms with Crippen molar-refractivity contribution in [1.29, 1.82) is 0 Å². The molecule has 3 aliphatic rings. The van der Waals surface area contributed by atoms with Crippen molar-refractivity contribution in [2.24, 2.45) is 11.8 Å². The number of hydrogen-bond acceptors (Lipinski definition) is 5.